The van der Waals surface area contributed by atoms with E-state index in [1.165, 1.54) is 27.4 Å². The Bertz CT molecular complexity index is 1250. The van der Waals surface area contributed by atoms with Gasteiger partial charge in [-0.15, -0.1) is 0 Å². The smallest absolute Gasteiger partial charge is 0.276 e. The molecule has 2 heterocycles. The third-order valence-corrected chi connectivity index (χ3v) is 4.70. The number of hydrogen-bond acceptors (Lipinski definition) is 3. The Balaban J connectivity index is 1.71. The van der Waals surface area contributed by atoms with Gasteiger partial charge in [-0.05, 0) is 48.9 Å². The van der Waals surface area contributed by atoms with Gasteiger partial charge < -0.3 is 9.30 Å². The van der Waals surface area contributed by atoms with Gasteiger partial charge in [0, 0.05) is 24.0 Å². The van der Waals surface area contributed by atoms with E-state index >= 15 is 0 Å². The van der Waals surface area contributed by atoms with Gasteiger partial charge in [-0.25, -0.2) is 13.3 Å². The topological polar surface area (TPSA) is 48.5 Å². The van der Waals surface area contributed by atoms with Crippen molar-refractivity contribution in [1.82, 2.24) is 14.2 Å². The van der Waals surface area contributed by atoms with Crippen LogP contribution < -0.4 is 10.3 Å². The van der Waals surface area contributed by atoms with Crippen LogP contribution in [0.5, 0.6) is 5.75 Å². The first kappa shape index (κ1) is 19.1. The lowest BCUT2D eigenvalue weighted by Crippen LogP contribution is -2.21. The zero-order valence-corrected chi connectivity index (χ0v) is 16.2. The SMILES string of the molecule is CCOc1ccc(-c2cc3c(=O)n(Cc4cc(F)cc(F)c4)ccn3n2)cc1Cl. The van der Waals surface area contributed by atoms with Crippen molar-refractivity contribution in [1.29, 1.82) is 0 Å². The predicted molar refractivity (Wildman–Crippen MR) is 107 cm³/mol. The molecule has 0 aliphatic carbocycles. The first-order chi connectivity index (χ1) is 13.9. The summed E-state index contributed by atoms with van der Waals surface area (Å²) >= 11 is 6.24. The second-order valence-electron chi connectivity index (χ2n) is 6.45. The lowest BCUT2D eigenvalue weighted by Gasteiger charge is -2.06. The van der Waals surface area contributed by atoms with Crippen LogP contribution in [0.1, 0.15) is 12.5 Å². The van der Waals surface area contributed by atoms with Crippen molar-refractivity contribution in [2.24, 2.45) is 0 Å². The molecule has 0 aliphatic heterocycles. The molecule has 4 rings (SSSR count). The van der Waals surface area contributed by atoms with Gasteiger partial charge in [0.05, 0.1) is 23.9 Å². The van der Waals surface area contributed by atoms with E-state index in [4.69, 9.17) is 16.3 Å². The Hall–Kier alpha value is -3.19. The van der Waals surface area contributed by atoms with Crippen LogP contribution in [0.3, 0.4) is 0 Å². The van der Waals surface area contributed by atoms with E-state index in [-0.39, 0.29) is 12.1 Å². The molecule has 0 spiro atoms. The van der Waals surface area contributed by atoms with Crippen molar-refractivity contribution < 1.29 is 13.5 Å². The number of fused-ring (bicyclic) bond motifs is 1. The molecule has 8 heteroatoms. The number of nitrogens with zero attached hydrogens (tertiary/aromatic N) is 3. The van der Waals surface area contributed by atoms with Crippen LogP contribution in [0.15, 0.2) is 59.7 Å². The average molecular weight is 416 g/mol. The zero-order chi connectivity index (χ0) is 20.5. The molecule has 0 radical (unpaired) electrons. The van der Waals surface area contributed by atoms with Crippen LogP contribution in [0.2, 0.25) is 5.02 Å². The molecule has 2 aromatic heterocycles. The third kappa shape index (κ3) is 3.86. The van der Waals surface area contributed by atoms with E-state index in [1.54, 1.807) is 24.4 Å². The van der Waals surface area contributed by atoms with Crippen molar-refractivity contribution in [2.75, 3.05) is 6.61 Å². The summed E-state index contributed by atoms with van der Waals surface area (Å²) < 4.78 is 35.1. The Labute approximate surface area is 169 Å². The molecule has 0 saturated heterocycles. The summed E-state index contributed by atoms with van der Waals surface area (Å²) in [6.07, 6.45) is 3.14. The maximum atomic E-state index is 13.4. The first-order valence-electron chi connectivity index (χ1n) is 8.91. The van der Waals surface area contributed by atoms with E-state index in [9.17, 15) is 13.6 Å². The fraction of sp³-hybridized carbons (Fsp3) is 0.143. The average Bonchev–Trinajstić information content (AvgIpc) is 3.10. The van der Waals surface area contributed by atoms with Crippen molar-refractivity contribution in [3.63, 3.8) is 0 Å². The Morgan fingerprint density at radius 3 is 2.52 bits per heavy atom. The highest BCUT2D eigenvalue weighted by Crippen LogP contribution is 2.30. The van der Waals surface area contributed by atoms with Crippen molar-refractivity contribution in [3.05, 3.63) is 87.4 Å². The Kier molecular flexibility index (Phi) is 5.07. The van der Waals surface area contributed by atoms with Gasteiger partial charge in [0.1, 0.15) is 22.9 Å². The van der Waals surface area contributed by atoms with E-state index < -0.39 is 11.6 Å². The number of rotatable bonds is 5. The maximum Gasteiger partial charge on any atom is 0.276 e. The molecular formula is C21H16ClF2N3O2. The summed E-state index contributed by atoms with van der Waals surface area (Å²) in [5.74, 6) is -0.798. The van der Waals surface area contributed by atoms with Gasteiger partial charge in [-0.3, -0.25) is 4.79 Å². The van der Waals surface area contributed by atoms with Gasteiger partial charge in [0.15, 0.2) is 0 Å². The van der Waals surface area contributed by atoms with Gasteiger partial charge in [-0.1, -0.05) is 11.6 Å². The molecule has 2 aromatic carbocycles. The monoisotopic (exact) mass is 415 g/mol. The molecule has 29 heavy (non-hydrogen) atoms. The van der Waals surface area contributed by atoms with E-state index in [2.05, 4.69) is 5.10 Å². The van der Waals surface area contributed by atoms with Gasteiger partial charge in [-0.2, -0.15) is 5.10 Å². The summed E-state index contributed by atoms with van der Waals surface area (Å²) in [5, 5.41) is 4.87. The zero-order valence-electron chi connectivity index (χ0n) is 15.4. The number of ether oxygens (including phenoxy) is 1. The summed E-state index contributed by atoms with van der Waals surface area (Å²) in [7, 11) is 0. The van der Waals surface area contributed by atoms with E-state index in [1.807, 2.05) is 13.0 Å². The van der Waals surface area contributed by atoms with E-state index in [0.717, 1.165) is 11.6 Å². The molecule has 0 bridgehead atoms. The highest BCUT2D eigenvalue weighted by atomic mass is 35.5. The quantitative estimate of drug-likeness (QED) is 0.480. The molecule has 0 saturated carbocycles. The standard InChI is InChI=1S/C21H16ClF2N3O2/c1-2-29-20-4-3-14(9-17(20)22)18-11-19-21(28)26(5-6-27(19)25-18)12-13-7-15(23)10-16(24)8-13/h3-11H,2,12H2,1H3. The van der Waals surface area contributed by atoms with Crippen LogP contribution >= 0.6 is 11.6 Å². The molecule has 5 nitrogen and oxygen atoms in total. The third-order valence-electron chi connectivity index (χ3n) is 4.41. The van der Waals surface area contributed by atoms with Crippen LogP contribution in [0.25, 0.3) is 16.8 Å². The summed E-state index contributed by atoms with van der Waals surface area (Å²) in [4.78, 5) is 12.8. The van der Waals surface area contributed by atoms with Gasteiger partial charge >= 0.3 is 0 Å². The second-order valence-corrected chi connectivity index (χ2v) is 6.85. The summed E-state index contributed by atoms with van der Waals surface area (Å²) in [5.41, 5.74) is 1.67. The second kappa shape index (κ2) is 7.67. The van der Waals surface area contributed by atoms with Gasteiger partial charge in [0.2, 0.25) is 0 Å². The van der Waals surface area contributed by atoms with Crippen LogP contribution in [0, 0.1) is 11.6 Å². The highest BCUT2D eigenvalue weighted by molar-refractivity contribution is 6.32. The predicted octanol–water partition coefficient (Wildman–Crippen LogP) is 4.54. The number of aromatic nitrogens is 3. The molecular weight excluding hydrogens is 400 g/mol. The fourth-order valence-corrected chi connectivity index (χ4v) is 3.36. The maximum absolute atomic E-state index is 13.4. The molecule has 0 atom stereocenters. The van der Waals surface area contributed by atoms with Crippen LogP contribution in [0.4, 0.5) is 8.78 Å². The van der Waals surface area contributed by atoms with Crippen molar-refractivity contribution in [2.45, 2.75) is 13.5 Å². The minimum absolute atomic E-state index is 0.0411. The molecule has 0 fully saturated rings. The minimum atomic E-state index is -0.687. The molecule has 0 aliphatic rings. The first-order valence-corrected chi connectivity index (χ1v) is 9.29. The largest absolute Gasteiger partial charge is 0.492 e. The minimum Gasteiger partial charge on any atom is -0.492 e. The lowest BCUT2D eigenvalue weighted by atomic mass is 10.1. The number of halogens is 3. The van der Waals surface area contributed by atoms with Crippen molar-refractivity contribution in [3.8, 4) is 17.0 Å². The Morgan fingerprint density at radius 1 is 1.07 bits per heavy atom. The molecule has 4 aromatic rings. The summed E-state index contributed by atoms with van der Waals surface area (Å²) in [6.45, 7) is 2.41. The van der Waals surface area contributed by atoms with Crippen LogP contribution in [-0.2, 0) is 6.54 Å². The highest BCUT2D eigenvalue weighted by Gasteiger charge is 2.12. The molecule has 0 unspecified atom stereocenters. The normalized spacial score (nSPS) is 11.2. The summed E-state index contributed by atoms with van der Waals surface area (Å²) in [6, 6.07) is 10.1. The molecule has 148 valence electrons. The van der Waals surface area contributed by atoms with E-state index in [0.29, 0.717) is 34.2 Å². The van der Waals surface area contributed by atoms with Crippen LogP contribution in [-0.4, -0.2) is 20.8 Å². The molecule has 0 N–H and O–H groups in total. The fourth-order valence-electron chi connectivity index (χ4n) is 3.12. The molecule has 0 amide bonds. The Morgan fingerprint density at radius 2 is 1.83 bits per heavy atom. The lowest BCUT2D eigenvalue weighted by molar-refractivity contribution is 0.340. The number of hydrogen-bond donors (Lipinski definition) is 0. The van der Waals surface area contributed by atoms with Crippen molar-refractivity contribution >= 4 is 17.1 Å². The van der Waals surface area contributed by atoms with Gasteiger partial charge in [0.25, 0.3) is 5.56 Å². The number of benzene rings is 2.